The zero-order valence-electron chi connectivity index (χ0n) is 25.3. The number of nitrogens with zero attached hydrogens (tertiary/aromatic N) is 2. The molecule has 6 rings (SSSR count). The van der Waals surface area contributed by atoms with E-state index in [0.717, 1.165) is 47.1 Å². The monoisotopic (exact) mass is 572 g/mol. The number of carbonyl (C=O) groups is 2. The second-order valence-corrected chi connectivity index (χ2v) is 13.3. The summed E-state index contributed by atoms with van der Waals surface area (Å²) in [7, 11) is -0.466. The molecule has 10 heteroatoms. The SMILES string of the molecule is CC(C)C(NC(=O)OCc1ccccc1)C(=O)N1C2CCC(C2)C1c1nc2ccc(B3OC(C)(C)C(C)(C)O3)cc2[nH]1. The van der Waals surface area contributed by atoms with Crippen molar-refractivity contribution in [3.63, 3.8) is 0 Å². The normalized spacial score (nSPS) is 24.9. The fourth-order valence-electron chi connectivity index (χ4n) is 6.54. The third-order valence-corrected chi connectivity index (χ3v) is 9.59. The minimum atomic E-state index is -0.700. The quantitative estimate of drug-likeness (QED) is 0.392. The third-order valence-electron chi connectivity index (χ3n) is 9.59. The van der Waals surface area contributed by atoms with Crippen LogP contribution in [-0.2, 0) is 25.4 Å². The molecule has 3 aromatic rings. The van der Waals surface area contributed by atoms with Gasteiger partial charge in [-0.15, -0.1) is 0 Å². The molecule has 1 aromatic heterocycles. The molecule has 222 valence electrons. The van der Waals surface area contributed by atoms with Crippen LogP contribution < -0.4 is 10.8 Å². The van der Waals surface area contributed by atoms with Crippen molar-refractivity contribution >= 4 is 35.6 Å². The molecule has 3 aliphatic rings. The van der Waals surface area contributed by atoms with Crippen molar-refractivity contribution < 1.29 is 23.6 Å². The number of ether oxygens (including phenoxy) is 1. The molecule has 3 heterocycles. The Morgan fingerprint density at radius 3 is 2.50 bits per heavy atom. The Kier molecular flexibility index (Phi) is 7.34. The molecule has 2 aliphatic heterocycles. The summed E-state index contributed by atoms with van der Waals surface area (Å²) in [5, 5.41) is 2.86. The highest BCUT2D eigenvalue weighted by Crippen LogP contribution is 2.50. The van der Waals surface area contributed by atoms with Gasteiger partial charge in [-0.1, -0.05) is 50.2 Å². The lowest BCUT2D eigenvalue weighted by Crippen LogP contribution is -2.54. The van der Waals surface area contributed by atoms with E-state index < -0.39 is 30.5 Å². The number of benzene rings is 2. The van der Waals surface area contributed by atoms with Crippen LogP contribution in [0.3, 0.4) is 0 Å². The van der Waals surface area contributed by atoms with Crippen LogP contribution in [0.4, 0.5) is 4.79 Å². The number of carbonyl (C=O) groups excluding carboxylic acids is 2. The van der Waals surface area contributed by atoms with Gasteiger partial charge in [0, 0.05) is 6.04 Å². The summed E-state index contributed by atoms with van der Waals surface area (Å²) in [4.78, 5) is 37.3. The highest BCUT2D eigenvalue weighted by atomic mass is 16.7. The molecule has 4 atom stereocenters. The molecular weight excluding hydrogens is 531 g/mol. The van der Waals surface area contributed by atoms with Crippen molar-refractivity contribution in [1.82, 2.24) is 20.2 Å². The summed E-state index contributed by atoms with van der Waals surface area (Å²) in [5.41, 5.74) is 2.69. The van der Waals surface area contributed by atoms with Gasteiger partial charge in [0.1, 0.15) is 18.5 Å². The van der Waals surface area contributed by atoms with Gasteiger partial charge in [0.15, 0.2) is 0 Å². The standard InChI is InChI=1S/C32H41BN4O5/c1-19(2)26(36-30(39)40-18-20-10-8-7-9-11-20)29(38)37-23-14-12-21(16-23)27(37)28-34-24-15-13-22(17-25(24)35-28)33-41-31(3,4)32(5,6)42-33/h7-11,13,15,17,19,21,23,26-27H,12,14,16,18H2,1-6H3,(H,34,35)(H,36,39). The topological polar surface area (TPSA) is 106 Å². The van der Waals surface area contributed by atoms with E-state index in [1.807, 2.05) is 95.0 Å². The van der Waals surface area contributed by atoms with E-state index in [1.165, 1.54) is 0 Å². The number of aromatic amines is 1. The average Bonchev–Trinajstić information content (AvgIpc) is 3.71. The zero-order chi connectivity index (χ0) is 29.8. The van der Waals surface area contributed by atoms with Gasteiger partial charge in [-0.05, 0) is 82.0 Å². The number of amides is 2. The van der Waals surface area contributed by atoms with Crippen LogP contribution in [0, 0.1) is 11.8 Å². The first-order valence-corrected chi connectivity index (χ1v) is 15.1. The van der Waals surface area contributed by atoms with E-state index >= 15 is 0 Å². The lowest BCUT2D eigenvalue weighted by molar-refractivity contribution is -0.139. The summed E-state index contributed by atoms with van der Waals surface area (Å²) in [6.45, 7) is 12.2. The number of hydrogen-bond donors (Lipinski definition) is 2. The Bertz CT molecular complexity index is 1460. The number of alkyl carbamates (subject to hydrolysis) is 1. The predicted octanol–water partition coefficient (Wildman–Crippen LogP) is 4.87. The maximum atomic E-state index is 14.1. The third kappa shape index (κ3) is 5.19. The van der Waals surface area contributed by atoms with Crippen LogP contribution >= 0.6 is 0 Å². The molecule has 2 amide bonds. The molecule has 0 spiro atoms. The summed E-state index contributed by atoms with van der Waals surface area (Å²) in [6.07, 6.45) is 2.36. The molecule has 0 radical (unpaired) electrons. The van der Waals surface area contributed by atoms with Crippen molar-refractivity contribution in [1.29, 1.82) is 0 Å². The summed E-state index contributed by atoms with van der Waals surface area (Å²) in [5.74, 6) is 0.905. The molecule has 9 nitrogen and oxygen atoms in total. The Labute approximate surface area is 247 Å². The van der Waals surface area contributed by atoms with Crippen molar-refractivity contribution in [2.45, 2.75) is 96.7 Å². The highest BCUT2D eigenvalue weighted by molar-refractivity contribution is 6.62. The van der Waals surface area contributed by atoms with E-state index in [9.17, 15) is 9.59 Å². The van der Waals surface area contributed by atoms with E-state index in [1.54, 1.807) is 0 Å². The van der Waals surface area contributed by atoms with Gasteiger partial charge in [0.25, 0.3) is 0 Å². The van der Waals surface area contributed by atoms with E-state index in [2.05, 4.69) is 10.3 Å². The first kappa shape index (κ1) is 28.7. The maximum Gasteiger partial charge on any atom is 0.494 e. The first-order chi connectivity index (χ1) is 19.9. The number of likely N-dealkylation sites (tertiary alicyclic amines) is 1. The number of fused-ring (bicyclic) bond motifs is 3. The largest absolute Gasteiger partial charge is 0.494 e. The van der Waals surface area contributed by atoms with Crippen molar-refractivity contribution in [3.8, 4) is 0 Å². The minimum absolute atomic E-state index is 0.0859. The van der Waals surface area contributed by atoms with E-state index in [4.69, 9.17) is 19.0 Å². The van der Waals surface area contributed by atoms with Crippen LogP contribution in [0.5, 0.6) is 0 Å². The van der Waals surface area contributed by atoms with Crippen molar-refractivity contribution in [3.05, 3.63) is 59.9 Å². The number of rotatable bonds is 7. The number of imidazole rings is 1. The highest BCUT2D eigenvalue weighted by Gasteiger charge is 2.53. The van der Waals surface area contributed by atoms with Crippen molar-refractivity contribution in [2.24, 2.45) is 11.8 Å². The number of hydrogen-bond acceptors (Lipinski definition) is 6. The zero-order valence-corrected chi connectivity index (χ0v) is 25.3. The Morgan fingerprint density at radius 2 is 1.81 bits per heavy atom. The molecule has 4 unspecified atom stereocenters. The fourth-order valence-corrected chi connectivity index (χ4v) is 6.54. The van der Waals surface area contributed by atoms with Crippen LogP contribution in [0.2, 0.25) is 0 Å². The van der Waals surface area contributed by atoms with Gasteiger partial charge in [-0.2, -0.15) is 0 Å². The Balaban J connectivity index is 1.21. The lowest BCUT2D eigenvalue weighted by atomic mass is 9.79. The van der Waals surface area contributed by atoms with Crippen LogP contribution in [0.1, 0.15) is 78.2 Å². The van der Waals surface area contributed by atoms with Gasteiger partial charge >= 0.3 is 13.2 Å². The summed E-state index contributed by atoms with van der Waals surface area (Å²) in [6, 6.07) is 14.8. The molecule has 2 aromatic carbocycles. The average molecular weight is 573 g/mol. The minimum Gasteiger partial charge on any atom is -0.445 e. The second-order valence-electron chi connectivity index (χ2n) is 13.3. The number of aromatic nitrogens is 2. The van der Waals surface area contributed by atoms with Gasteiger partial charge < -0.3 is 29.2 Å². The molecule has 1 saturated carbocycles. The van der Waals surface area contributed by atoms with Crippen LogP contribution in [-0.4, -0.2) is 57.3 Å². The second kappa shape index (κ2) is 10.7. The first-order valence-electron chi connectivity index (χ1n) is 15.1. The number of piperidine rings is 1. The Hall–Kier alpha value is -3.37. The molecule has 2 bridgehead atoms. The molecule has 42 heavy (non-hydrogen) atoms. The fraction of sp³-hybridized carbons (Fsp3) is 0.531. The van der Waals surface area contributed by atoms with E-state index in [0.29, 0.717) is 5.92 Å². The van der Waals surface area contributed by atoms with Gasteiger partial charge in [-0.3, -0.25) is 4.79 Å². The number of nitrogens with one attached hydrogen (secondary N) is 2. The molecular formula is C32H41BN4O5. The van der Waals surface area contributed by atoms with Gasteiger partial charge in [-0.25, -0.2) is 9.78 Å². The molecule has 1 aliphatic carbocycles. The van der Waals surface area contributed by atoms with Crippen LogP contribution in [0.25, 0.3) is 11.0 Å². The van der Waals surface area contributed by atoms with Crippen molar-refractivity contribution in [2.75, 3.05) is 0 Å². The Morgan fingerprint density at radius 1 is 1.10 bits per heavy atom. The van der Waals surface area contributed by atoms with Gasteiger partial charge in [0.2, 0.25) is 5.91 Å². The molecule has 2 saturated heterocycles. The summed E-state index contributed by atoms with van der Waals surface area (Å²) >= 11 is 0. The summed E-state index contributed by atoms with van der Waals surface area (Å²) < 4.78 is 18.0. The lowest BCUT2D eigenvalue weighted by Gasteiger charge is -2.37. The van der Waals surface area contributed by atoms with Gasteiger partial charge in [0.05, 0.1) is 28.3 Å². The molecule has 3 fully saturated rings. The maximum absolute atomic E-state index is 14.1. The predicted molar refractivity (Wildman–Crippen MR) is 161 cm³/mol. The van der Waals surface area contributed by atoms with E-state index in [-0.39, 0.29) is 30.5 Å². The number of H-pyrrole nitrogens is 1. The smallest absolute Gasteiger partial charge is 0.445 e. The van der Waals surface area contributed by atoms with Crippen LogP contribution in [0.15, 0.2) is 48.5 Å². The molecule has 2 N–H and O–H groups in total.